The molecule has 1 aromatic rings. The van der Waals surface area contributed by atoms with Crippen molar-refractivity contribution in [3.8, 4) is 0 Å². The number of aromatic amines is 1. The van der Waals surface area contributed by atoms with Crippen LogP contribution in [0.3, 0.4) is 0 Å². The number of nitrogens with zero attached hydrogens (tertiary/aromatic N) is 1. The van der Waals surface area contributed by atoms with Gasteiger partial charge >= 0.3 is 0 Å². The molecule has 0 saturated carbocycles. The molecule has 0 spiro atoms. The van der Waals surface area contributed by atoms with Gasteiger partial charge in [0.05, 0.1) is 12.0 Å². The molecule has 1 heterocycles. The third kappa shape index (κ3) is 1.37. The number of hydrogen-bond acceptors (Lipinski definition) is 1. The number of imidazole rings is 1. The van der Waals surface area contributed by atoms with Gasteiger partial charge in [0.15, 0.2) is 0 Å². The lowest BCUT2D eigenvalue weighted by molar-refractivity contribution is 0.819. The van der Waals surface area contributed by atoms with Gasteiger partial charge in [-0.3, -0.25) is 0 Å². The Balaban J connectivity index is 2.26. The van der Waals surface area contributed by atoms with Crippen molar-refractivity contribution in [2.24, 2.45) is 0 Å². The predicted octanol–water partition coefficient (Wildman–Crippen LogP) is 2.77. The van der Waals surface area contributed by atoms with E-state index in [-0.39, 0.29) is 0 Å². The monoisotopic (exact) mass is 224 g/mol. The minimum absolute atomic E-state index is 0.451. The van der Waals surface area contributed by atoms with Gasteiger partial charge in [-0.1, -0.05) is 24.3 Å². The number of halogens is 1. The van der Waals surface area contributed by atoms with E-state index in [1.54, 1.807) is 6.33 Å². The first-order valence-corrected chi connectivity index (χ1v) is 4.69. The molecule has 1 aliphatic carbocycles. The molecule has 1 aliphatic rings. The molecule has 0 aromatic carbocycles. The van der Waals surface area contributed by atoms with Crippen LogP contribution < -0.4 is 0 Å². The fourth-order valence-corrected chi connectivity index (χ4v) is 1.85. The van der Waals surface area contributed by atoms with Crippen LogP contribution in [0.2, 0.25) is 0 Å². The molecule has 0 bridgehead atoms. The maximum absolute atomic E-state index is 4.09. The van der Waals surface area contributed by atoms with E-state index >= 15 is 0 Å². The van der Waals surface area contributed by atoms with E-state index in [1.807, 2.05) is 0 Å². The fourth-order valence-electron chi connectivity index (χ4n) is 1.34. The lowest BCUT2D eigenvalue weighted by Crippen LogP contribution is -1.97. The van der Waals surface area contributed by atoms with E-state index in [1.165, 1.54) is 0 Å². The largest absolute Gasteiger partial charge is 0.347 e. The summed E-state index contributed by atoms with van der Waals surface area (Å²) in [5.74, 6) is 0.451. The highest BCUT2D eigenvalue weighted by Crippen LogP contribution is 2.27. The second-order valence-corrected chi connectivity index (χ2v) is 3.51. The van der Waals surface area contributed by atoms with Crippen molar-refractivity contribution >= 4 is 15.9 Å². The van der Waals surface area contributed by atoms with Gasteiger partial charge in [0, 0.05) is 5.92 Å². The van der Waals surface area contributed by atoms with Gasteiger partial charge in [-0.15, -0.1) is 0 Å². The third-order valence-corrected chi connectivity index (χ3v) is 2.60. The highest BCUT2D eigenvalue weighted by molar-refractivity contribution is 9.10. The Morgan fingerprint density at radius 1 is 1.50 bits per heavy atom. The topological polar surface area (TPSA) is 28.7 Å². The summed E-state index contributed by atoms with van der Waals surface area (Å²) in [6.45, 7) is 0. The van der Waals surface area contributed by atoms with Crippen LogP contribution in [0.15, 0.2) is 35.2 Å². The third-order valence-electron chi connectivity index (χ3n) is 1.97. The number of hydrogen-bond donors (Lipinski definition) is 1. The number of allylic oxidation sites excluding steroid dienone is 4. The van der Waals surface area contributed by atoms with Crippen LogP contribution in [0.25, 0.3) is 0 Å². The molecular formula is C9H9BrN2. The minimum atomic E-state index is 0.451. The van der Waals surface area contributed by atoms with Crippen molar-refractivity contribution in [3.05, 3.63) is 40.9 Å². The van der Waals surface area contributed by atoms with Crippen molar-refractivity contribution in [1.82, 2.24) is 9.97 Å². The first kappa shape index (κ1) is 7.80. The Bertz CT molecular complexity index is 325. The molecule has 1 aromatic heterocycles. The number of aromatic nitrogens is 2. The molecule has 2 nitrogen and oxygen atoms in total. The normalized spacial score (nSPS) is 21.6. The zero-order valence-corrected chi connectivity index (χ0v) is 8.08. The van der Waals surface area contributed by atoms with E-state index < -0.39 is 0 Å². The van der Waals surface area contributed by atoms with Gasteiger partial charge in [-0.2, -0.15) is 0 Å². The minimum Gasteiger partial charge on any atom is -0.347 e. The molecule has 3 heteroatoms. The smallest absolute Gasteiger partial charge is 0.127 e. The van der Waals surface area contributed by atoms with Crippen LogP contribution in [0.5, 0.6) is 0 Å². The summed E-state index contributed by atoms with van der Waals surface area (Å²) in [5.41, 5.74) is 1.16. The molecule has 1 unspecified atom stereocenters. The molecule has 0 radical (unpaired) electrons. The Kier molecular flexibility index (Phi) is 2.13. The molecular weight excluding hydrogens is 216 g/mol. The maximum Gasteiger partial charge on any atom is 0.127 e. The highest BCUT2D eigenvalue weighted by atomic mass is 79.9. The predicted molar refractivity (Wildman–Crippen MR) is 51.9 cm³/mol. The van der Waals surface area contributed by atoms with Crippen molar-refractivity contribution in [2.75, 3.05) is 0 Å². The van der Waals surface area contributed by atoms with Crippen LogP contribution in [-0.4, -0.2) is 9.97 Å². The van der Waals surface area contributed by atoms with Gasteiger partial charge in [0.1, 0.15) is 4.60 Å². The fraction of sp³-hybridized carbons (Fsp3) is 0.222. The quantitative estimate of drug-likeness (QED) is 0.782. The van der Waals surface area contributed by atoms with Crippen LogP contribution >= 0.6 is 15.9 Å². The van der Waals surface area contributed by atoms with Crippen LogP contribution in [0.1, 0.15) is 18.0 Å². The van der Waals surface area contributed by atoms with Gasteiger partial charge in [-0.05, 0) is 22.4 Å². The lowest BCUT2D eigenvalue weighted by Gasteiger charge is -2.10. The molecule has 0 fully saturated rings. The van der Waals surface area contributed by atoms with E-state index in [0.717, 1.165) is 16.7 Å². The molecule has 1 atom stereocenters. The zero-order valence-electron chi connectivity index (χ0n) is 6.50. The molecule has 0 aliphatic heterocycles. The second-order valence-electron chi connectivity index (χ2n) is 2.76. The lowest BCUT2D eigenvalue weighted by atomic mass is 9.98. The Morgan fingerprint density at radius 3 is 3.00 bits per heavy atom. The average molecular weight is 225 g/mol. The van der Waals surface area contributed by atoms with Crippen molar-refractivity contribution in [2.45, 2.75) is 12.3 Å². The van der Waals surface area contributed by atoms with E-state index in [4.69, 9.17) is 0 Å². The van der Waals surface area contributed by atoms with Crippen molar-refractivity contribution < 1.29 is 0 Å². The highest BCUT2D eigenvalue weighted by Gasteiger charge is 2.13. The summed E-state index contributed by atoms with van der Waals surface area (Å²) < 4.78 is 0.924. The average Bonchev–Trinajstić information content (AvgIpc) is 2.53. The first-order valence-electron chi connectivity index (χ1n) is 3.90. The molecule has 0 amide bonds. The summed E-state index contributed by atoms with van der Waals surface area (Å²) in [7, 11) is 0. The summed E-state index contributed by atoms with van der Waals surface area (Å²) in [5, 5.41) is 0. The number of nitrogens with one attached hydrogen (secondary N) is 1. The number of H-pyrrole nitrogens is 1. The summed E-state index contributed by atoms with van der Waals surface area (Å²) in [4.78, 5) is 7.23. The Hall–Kier alpha value is -0.830. The zero-order chi connectivity index (χ0) is 8.39. The van der Waals surface area contributed by atoms with Crippen LogP contribution in [-0.2, 0) is 0 Å². The SMILES string of the molecule is Brc1nc[nH]c1C1C=CC=CC1. The molecule has 2 rings (SSSR count). The summed E-state index contributed by atoms with van der Waals surface area (Å²) >= 11 is 3.40. The van der Waals surface area contributed by atoms with Crippen molar-refractivity contribution in [3.63, 3.8) is 0 Å². The van der Waals surface area contributed by atoms with Crippen molar-refractivity contribution in [1.29, 1.82) is 0 Å². The Labute approximate surface area is 79.5 Å². The van der Waals surface area contributed by atoms with Crippen LogP contribution in [0.4, 0.5) is 0 Å². The van der Waals surface area contributed by atoms with Gasteiger partial charge in [0.25, 0.3) is 0 Å². The molecule has 0 saturated heterocycles. The molecule has 62 valence electrons. The van der Waals surface area contributed by atoms with Crippen LogP contribution in [0, 0.1) is 0 Å². The second kappa shape index (κ2) is 3.27. The number of rotatable bonds is 1. The van der Waals surface area contributed by atoms with E-state index in [2.05, 4.69) is 50.2 Å². The Morgan fingerprint density at radius 2 is 2.42 bits per heavy atom. The maximum atomic E-state index is 4.09. The summed E-state index contributed by atoms with van der Waals surface area (Å²) in [6.07, 6.45) is 11.3. The summed E-state index contributed by atoms with van der Waals surface area (Å²) in [6, 6.07) is 0. The standard InChI is InChI=1S/C9H9BrN2/c10-9-8(11-6-12-9)7-4-2-1-3-5-7/h1-4,6-7H,5H2,(H,11,12). The van der Waals surface area contributed by atoms with E-state index in [9.17, 15) is 0 Å². The van der Waals surface area contributed by atoms with Gasteiger partial charge in [-0.25, -0.2) is 4.98 Å². The van der Waals surface area contributed by atoms with E-state index in [0.29, 0.717) is 5.92 Å². The molecule has 1 N–H and O–H groups in total. The van der Waals surface area contributed by atoms with Gasteiger partial charge < -0.3 is 4.98 Å². The molecule has 12 heavy (non-hydrogen) atoms. The first-order chi connectivity index (χ1) is 5.88. The van der Waals surface area contributed by atoms with Gasteiger partial charge in [0.2, 0.25) is 0 Å².